The molecule has 1 unspecified atom stereocenters. The van der Waals surface area contributed by atoms with Crippen molar-refractivity contribution in [3.63, 3.8) is 0 Å². The summed E-state index contributed by atoms with van der Waals surface area (Å²) in [5.41, 5.74) is 5.93. The summed E-state index contributed by atoms with van der Waals surface area (Å²) in [5.74, 6) is -3.01. The fraction of sp³-hybridized carbons (Fsp3) is 0.476. The van der Waals surface area contributed by atoms with Gasteiger partial charge in [0.05, 0.1) is 38.0 Å². The number of nitrogens with two attached hydrogens (primary N) is 1. The molecule has 0 aromatic heterocycles. The predicted octanol–water partition coefficient (Wildman–Crippen LogP) is -2.52. The first-order valence-corrected chi connectivity index (χ1v) is 23.7. The Morgan fingerprint density at radius 1 is 0.731 bits per heavy atom. The number of hydrogen-bond donors (Lipinski definition) is 6. The normalized spacial score (nSPS) is 12.9. The molecule has 0 radical (unpaired) electrons. The number of nitro benzene ring substituents is 1. The number of imide groups is 1. The van der Waals surface area contributed by atoms with Crippen molar-refractivity contribution in [1.82, 2.24) is 26.2 Å². The SMILES string of the molecule is CC(C)[C@H](NC(=O)CCOCCOCCOCCOCCNC(=O)CCN1C(=O)C=CC1=O)C(=O)NC([I-]CCNC(N)=O)C(=O)Nc1ccc(COC(=O)Oc2ccc([N+](=O)[O-])cc2)cc1. The van der Waals surface area contributed by atoms with Gasteiger partial charge in [-0.05, 0) is 12.1 Å². The molecular weight excluding hydrogens is 999 g/mol. The van der Waals surface area contributed by atoms with E-state index in [0.717, 1.165) is 17.1 Å². The van der Waals surface area contributed by atoms with Crippen LogP contribution in [-0.2, 0) is 59.1 Å². The Bertz CT molecular complexity index is 1990. The molecule has 25 heteroatoms. The van der Waals surface area contributed by atoms with Gasteiger partial charge in [0, 0.05) is 43.8 Å². The number of halogens is 1. The zero-order chi connectivity index (χ0) is 49.0. The molecule has 0 aliphatic carbocycles. The second-order valence-corrected chi connectivity index (χ2v) is 17.5. The Morgan fingerprint density at radius 2 is 1.33 bits per heavy atom. The Kier molecular flexibility index (Phi) is 25.3. The first-order chi connectivity index (χ1) is 32.1. The zero-order valence-electron chi connectivity index (χ0n) is 37.0. The van der Waals surface area contributed by atoms with Crippen LogP contribution in [0.3, 0.4) is 0 Å². The van der Waals surface area contributed by atoms with Crippen LogP contribution < -0.4 is 58.3 Å². The predicted molar refractivity (Wildman–Crippen MR) is 232 cm³/mol. The maximum absolute atomic E-state index is 13.5. The molecule has 1 aliphatic heterocycles. The summed E-state index contributed by atoms with van der Waals surface area (Å²) in [7, 11) is 0. The second-order valence-electron chi connectivity index (χ2n) is 14.3. The molecule has 2 aromatic carbocycles. The van der Waals surface area contributed by atoms with E-state index in [1.807, 2.05) is 0 Å². The summed E-state index contributed by atoms with van der Waals surface area (Å²) in [6.07, 6.45) is 1.26. The molecule has 1 aliphatic rings. The van der Waals surface area contributed by atoms with Crippen LogP contribution in [0.25, 0.3) is 0 Å². The summed E-state index contributed by atoms with van der Waals surface area (Å²) < 4.78 is 31.4. The third kappa shape index (κ3) is 22.6. The van der Waals surface area contributed by atoms with Crippen molar-refractivity contribution in [3.05, 3.63) is 76.4 Å². The van der Waals surface area contributed by atoms with Gasteiger partial charge < -0.3 is 14.8 Å². The molecule has 368 valence electrons. The molecule has 0 spiro atoms. The van der Waals surface area contributed by atoms with E-state index in [2.05, 4.69) is 26.6 Å². The number of benzene rings is 2. The van der Waals surface area contributed by atoms with Crippen molar-refractivity contribution in [3.8, 4) is 5.75 Å². The molecule has 8 amide bonds. The number of alkyl halides is 2. The number of carbonyl (C=O) groups excluding carboxylic acids is 8. The van der Waals surface area contributed by atoms with Gasteiger partial charge in [-0.1, -0.05) is 0 Å². The van der Waals surface area contributed by atoms with Crippen LogP contribution in [0.15, 0.2) is 60.7 Å². The number of rotatable bonds is 32. The monoisotopic (exact) mass is 1060 g/mol. The van der Waals surface area contributed by atoms with Crippen molar-refractivity contribution >= 4 is 59.0 Å². The van der Waals surface area contributed by atoms with E-state index in [-0.39, 0.29) is 88.8 Å². The van der Waals surface area contributed by atoms with Crippen LogP contribution in [0, 0.1) is 16.0 Å². The average Bonchev–Trinajstić information content (AvgIpc) is 3.62. The fourth-order valence-corrected chi connectivity index (χ4v) is 7.73. The van der Waals surface area contributed by atoms with E-state index in [1.165, 1.54) is 24.3 Å². The number of nitrogens with zero attached hydrogens (tertiary/aromatic N) is 2. The minimum atomic E-state index is -1.10. The molecule has 24 nitrogen and oxygen atoms in total. The fourth-order valence-electron chi connectivity index (χ4n) is 5.44. The van der Waals surface area contributed by atoms with Gasteiger partial charge in [-0.15, -0.1) is 0 Å². The zero-order valence-corrected chi connectivity index (χ0v) is 39.2. The summed E-state index contributed by atoms with van der Waals surface area (Å²) in [4.78, 5) is 109. The Balaban J connectivity index is 1.30. The quantitative estimate of drug-likeness (QED) is 0.00507. The first-order valence-electron chi connectivity index (χ1n) is 20.9. The summed E-state index contributed by atoms with van der Waals surface area (Å²) in [5, 5.41) is 24.2. The number of primary amides is 1. The van der Waals surface area contributed by atoms with E-state index in [9.17, 15) is 48.5 Å². The molecule has 1 heterocycles. The standard InChI is InChI=1S/C42H56IN8O16/c1-28(2)37(48-34(53)14-19-62-21-23-64-25-26-65-24-22-63-20-17-45-33(52)13-18-50-35(54)11-12-36(50)55)39(56)49-38(43-15-16-46-41(44)58)40(57)47-30-5-3-29(4-6-30)27-66-42(59)67-32-9-7-31(8-10-32)51(60)61/h3-12,28,37-38H,13-27H2,1-2H3,(H,45,52)(H,47,57)(H,48,53)(H,49,56)(H3,44,46,58)/q-1/t37-,38?/m0/s1. The van der Waals surface area contributed by atoms with Crippen LogP contribution in [-0.4, -0.2) is 144 Å². The van der Waals surface area contributed by atoms with E-state index in [4.69, 9.17) is 34.2 Å². The molecular formula is C42H56IN8O16-. The van der Waals surface area contributed by atoms with E-state index in [1.54, 1.807) is 38.1 Å². The molecule has 0 bridgehead atoms. The molecule has 2 aromatic rings. The molecule has 0 fully saturated rings. The van der Waals surface area contributed by atoms with Crippen LogP contribution >= 0.6 is 0 Å². The molecule has 3 rings (SSSR count). The first kappa shape index (κ1) is 55.0. The van der Waals surface area contributed by atoms with Crippen LogP contribution in [0.5, 0.6) is 5.75 Å². The Labute approximate surface area is 396 Å². The van der Waals surface area contributed by atoms with Gasteiger partial charge >= 0.3 is 236 Å². The number of ether oxygens (including phenoxy) is 6. The van der Waals surface area contributed by atoms with E-state index in [0.29, 0.717) is 42.1 Å². The second kappa shape index (κ2) is 30.8. The van der Waals surface area contributed by atoms with Gasteiger partial charge in [0.25, 0.3) is 17.5 Å². The van der Waals surface area contributed by atoms with Crippen LogP contribution in [0.2, 0.25) is 0 Å². The maximum atomic E-state index is 13.5. The molecule has 7 N–H and O–H groups in total. The number of anilines is 1. The Hall–Kier alpha value is -6.29. The molecule has 0 saturated carbocycles. The number of amides is 8. The van der Waals surface area contributed by atoms with Gasteiger partial charge in [-0.2, -0.15) is 0 Å². The van der Waals surface area contributed by atoms with Gasteiger partial charge in [0.1, 0.15) is 0 Å². The van der Waals surface area contributed by atoms with Crippen molar-refractivity contribution in [2.75, 3.05) is 82.2 Å². The van der Waals surface area contributed by atoms with E-state index >= 15 is 0 Å². The average molecular weight is 1060 g/mol. The summed E-state index contributed by atoms with van der Waals surface area (Å²) in [6, 6.07) is 9.49. The minimum absolute atomic E-state index is 0.000736. The third-order valence-electron chi connectivity index (χ3n) is 8.87. The van der Waals surface area contributed by atoms with Gasteiger partial charge in [0.2, 0.25) is 5.91 Å². The number of carbonyl (C=O) groups is 8. The molecule has 2 atom stereocenters. The van der Waals surface area contributed by atoms with Gasteiger partial charge in [-0.3, -0.25) is 29.4 Å². The number of nitro groups is 1. The number of nitrogens with one attached hydrogen (secondary N) is 5. The number of urea groups is 1. The number of non-ortho nitro benzene ring substituents is 1. The van der Waals surface area contributed by atoms with Crippen LogP contribution in [0.1, 0.15) is 32.3 Å². The summed E-state index contributed by atoms with van der Waals surface area (Å²) >= 11 is -1.10. The van der Waals surface area contributed by atoms with Crippen molar-refractivity contribution in [2.45, 2.75) is 43.4 Å². The third-order valence-corrected chi connectivity index (χ3v) is 11.8. The topological polar surface area (TPSA) is 324 Å². The summed E-state index contributed by atoms with van der Waals surface area (Å²) in [6.45, 7) is 5.75. The Morgan fingerprint density at radius 3 is 1.91 bits per heavy atom. The van der Waals surface area contributed by atoms with Gasteiger partial charge in [0.15, 0.2) is 0 Å². The number of hydrogen-bond acceptors (Lipinski definition) is 16. The van der Waals surface area contributed by atoms with Crippen molar-refractivity contribution in [2.24, 2.45) is 11.7 Å². The van der Waals surface area contributed by atoms with Crippen molar-refractivity contribution in [1.29, 1.82) is 0 Å². The molecule has 67 heavy (non-hydrogen) atoms. The van der Waals surface area contributed by atoms with Crippen molar-refractivity contribution < 1.29 is 92.9 Å². The van der Waals surface area contributed by atoms with Crippen LogP contribution in [0.4, 0.5) is 21.0 Å². The van der Waals surface area contributed by atoms with Gasteiger partial charge in [-0.25, -0.2) is 0 Å². The molecule has 0 saturated heterocycles. The van der Waals surface area contributed by atoms with E-state index < -0.39 is 77.9 Å².